The number of carbonyl (C=O) groups excluding carboxylic acids is 1. The molecule has 8 nitrogen and oxygen atoms in total. The van der Waals surface area contributed by atoms with Gasteiger partial charge in [-0.2, -0.15) is 0 Å². The first-order valence-corrected chi connectivity index (χ1v) is 9.50. The van der Waals surface area contributed by atoms with E-state index < -0.39 is 27.7 Å². The predicted octanol–water partition coefficient (Wildman–Crippen LogP) is 2.07. The number of amides is 1. The number of rotatable bonds is 6. The van der Waals surface area contributed by atoms with E-state index in [1.807, 2.05) is 0 Å². The quantitative estimate of drug-likeness (QED) is 0.572. The lowest BCUT2D eigenvalue weighted by molar-refractivity contribution is -0.177. The highest BCUT2D eigenvalue weighted by atomic mass is 32.2. The molecular weight excluding hydrogens is 379 g/mol. The van der Waals surface area contributed by atoms with E-state index in [2.05, 4.69) is 0 Å². The fraction of sp³-hybridized carbons (Fsp3) is 0.235. The van der Waals surface area contributed by atoms with Crippen molar-refractivity contribution < 1.29 is 32.3 Å². The van der Waals surface area contributed by atoms with Crippen LogP contribution in [0.25, 0.3) is 0 Å². The number of nitrogens with zero attached hydrogens (tertiary/aromatic N) is 1. The van der Waals surface area contributed by atoms with Crippen LogP contribution in [0.1, 0.15) is 6.42 Å². The maximum Gasteiger partial charge on any atom is 0.267 e. The van der Waals surface area contributed by atoms with Crippen molar-refractivity contribution in [2.75, 3.05) is 13.2 Å². The summed E-state index contributed by atoms with van der Waals surface area (Å²) in [5.74, 6) is -1.06. The Hall–Kier alpha value is -2.53. The Morgan fingerprint density at radius 3 is 2.30 bits per heavy atom. The number of hydrogen-bond donors (Lipinski definition) is 2. The summed E-state index contributed by atoms with van der Waals surface area (Å²) in [6, 6.07) is 10.6. The molecule has 1 aliphatic heterocycles. The van der Waals surface area contributed by atoms with Crippen LogP contribution in [0, 0.1) is 11.7 Å². The van der Waals surface area contributed by atoms with Gasteiger partial charge in [0.25, 0.3) is 15.9 Å². The summed E-state index contributed by atoms with van der Waals surface area (Å²) in [4.78, 5) is 13.6. The zero-order valence-corrected chi connectivity index (χ0v) is 14.9. The van der Waals surface area contributed by atoms with E-state index in [0.717, 1.165) is 0 Å². The lowest BCUT2D eigenvalue weighted by Gasteiger charge is -2.18. The standard InChI is InChI=1S/C17H17FN2O6S/c18-13-1-3-14(4-2-13)26-15-5-7-16(8-6-15)27(23,24)19-20(22)17(21)12-9-10-25-11-12/h1-8,12,19,22H,9-11H2/t12-/m1/s1. The fourth-order valence-electron chi connectivity index (χ4n) is 2.44. The first-order valence-electron chi connectivity index (χ1n) is 8.02. The van der Waals surface area contributed by atoms with E-state index in [9.17, 15) is 22.8 Å². The number of sulfonamides is 1. The van der Waals surface area contributed by atoms with Crippen LogP contribution < -0.4 is 9.57 Å². The zero-order valence-electron chi connectivity index (χ0n) is 14.0. The second kappa shape index (κ2) is 8.01. The van der Waals surface area contributed by atoms with Crippen molar-refractivity contribution in [2.24, 2.45) is 5.92 Å². The van der Waals surface area contributed by atoms with Gasteiger partial charge in [0.2, 0.25) is 0 Å². The largest absolute Gasteiger partial charge is 0.457 e. The van der Waals surface area contributed by atoms with Gasteiger partial charge in [-0.1, -0.05) is 4.83 Å². The van der Waals surface area contributed by atoms with Crippen molar-refractivity contribution in [1.82, 2.24) is 10.0 Å². The molecule has 0 radical (unpaired) electrons. The number of halogens is 1. The predicted molar refractivity (Wildman–Crippen MR) is 90.8 cm³/mol. The molecule has 1 amide bonds. The molecule has 0 bridgehead atoms. The van der Waals surface area contributed by atoms with Gasteiger partial charge < -0.3 is 9.47 Å². The van der Waals surface area contributed by atoms with E-state index in [-0.39, 0.29) is 16.7 Å². The Morgan fingerprint density at radius 2 is 1.74 bits per heavy atom. The van der Waals surface area contributed by atoms with Crippen LogP contribution in [0.4, 0.5) is 4.39 Å². The van der Waals surface area contributed by atoms with Crippen LogP contribution >= 0.6 is 0 Å². The molecule has 2 aromatic rings. The molecule has 2 N–H and O–H groups in total. The highest BCUT2D eigenvalue weighted by molar-refractivity contribution is 7.89. The molecule has 1 heterocycles. The molecule has 0 aliphatic carbocycles. The third-order valence-corrected chi connectivity index (χ3v) is 5.18. The highest BCUT2D eigenvalue weighted by Crippen LogP contribution is 2.23. The van der Waals surface area contributed by atoms with Crippen molar-refractivity contribution in [3.8, 4) is 11.5 Å². The number of ether oxygens (including phenoxy) is 2. The van der Waals surface area contributed by atoms with Crippen LogP contribution in [0.2, 0.25) is 0 Å². The molecule has 144 valence electrons. The van der Waals surface area contributed by atoms with Crippen LogP contribution in [0.15, 0.2) is 53.4 Å². The van der Waals surface area contributed by atoms with Gasteiger partial charge in [-0.05, 0) is 55.0 Å². The maximum absolute atomic E-state index is 12.9. The minimum Gasteiger partial charge on any atom is -0.457 e. The van der Waals surface area contributed by atoms with Gasteiger partial charge >= 0.3 is 0 Å². The molecular formula is C17H17FN2O6S. The molecule has 0 unspecified atom stereocenters. The summed E-state index contributed by atoms with van der Waals surface area (Å²) >= 11 is 0. The van der Waals surface area contributed by atoms with Gasteiger partial charge in [0.05, 0.1) is 17.4 Å². The van der Waals surface area contributed by atoms with Crippen molar-refractivity contribution in [2.45, 2.75) is 11.3 Å². The fourth-order valence-corrected chi connectivity index (χ4v) is 3.36. The molecule has 1 fully saturated rings. The average molecular weight is 396 g/mol. The van der Waals surface area contributed by atoms with E-state index in [0.29, 0.717) is 24.5 Å². The number of hydroxylamine groups is 1. The van der Waals surface area contributed by atoms with Gasteiger partial charge in [0, 0.05) is 6.61 Å². The van der Waals surface area contributed by atoms with Gasteiger partial charge in [-0.15, -0.1) is 5.17 Å². The Kier molecular flexibility index (Phi) is 5.71. The maximum atomic E-state index is 12.9. The van der Waals surface area contributed by atoms with E-state index >= 15 is 0 Å². The van der Waals surface area contributed by atoms with Gasteiger partial charge in [-0.3, -0.25) is 10.0 Å². The topological polar surface area (TPSA) is 105 Å². The normalized spacial score (nSPS) is 16.9. The Bertz CT molecular complexity index is 896. The molecule has 27 heavy (non-hydrogen) atoms. The van der Waals surface area contributed by atoms with Crippen molar-refractivity contribution >= 4 is 15.9 Å². The number of nitrogens with one attached hydrogen (secondary N) is 1. The number of hydrazine groups is 1. The summed E-state index contributed by atoms with van der Waals surface area (Å²) < 4.78 is 48.0. The Labute approximate surface area is 155 Å². The van der Waals surface area contributed by atoms with Crippen LogP contribution in [0.5, 0.6) is 11.5 Å². The molecule has 0 saturated carbocycles. The first kappa shape index (κ1) is 19.2. The third kappa shape index (κ3) is 4.80. The molecule has 2 aromatic carbocycles. The van der Waals surface area contributed by atoms with E-state index in [4.69, 9.17) is 9.47 Å². The Morgan fingerprint density at radius 1 is 1.15 bits per heavy atom. The monoisotopic (exact) mass is 396 g/mol. The second-order valence-electron chi connectivity index (χ2n) is 5.83. The lowest BCUT2D eigenvalue weighted by Crippen LogP contribution is -2.46. The molecule has 1 atom stereocenters. The summed E-state index contributed by atoms with van der Waals surface area (Å²) in [6.07, 6.45) is 0.410. The summed E-state index contributed by atoms with van der Waals surface area (Å²) in [5.41, 5.74) is 0. The minimum atomic E-state index is -4.17. The molecule has 0 aromatic heterocycles. The van der Waals surface area contributed by atoms with Gasteiger partial charge in [0.1, 0.15) is 17.3 Å². The molecule has 1 saturated heterocycles. The number of hydrogen-bond acceptors (Lipinski definition) is 6. The third-order valence-electron chi connectivity index (χ3n) is 3.88. The van der Waals surface area contributed by atoms with Crippen LogP contribution in [-0.2, 0) is 19.6 Å². The average Bonchev–Trinajstić information content (AvgIpc) is 3.18. The Balaban J connectivity index is 1.65. The van der Waals surface area contributed by atoms with Crippen molar-refractivity contribution in [3.63, 3.8) is 0 Å². The summed E-state index contributed by atoms with van der Waals surface area (Å²) in [6.45, 7) is 0.513. The smallest absolute Gasteiger partial charge is 0.267 e. The van der Waals surface area contributed by atoms with Gasteiger partial charge in [-0.25, -0.2) is 12.8 Å². The SMILES string of the molecule is O=C([C@@H]1CCOC1)N(O)NS(=O)(=O)c1ccc(Oc2ccc(F)cc2)cc1. The number of benzene rings is 2. The van der Waals surface area contributed by atoms with E-state index in [1.54, 1.807) is 4.83 Å². The minimum absolute atomic E-state index is 0.0302. The highest BCUT2D eigenvalue weighted by Gasteiger charge is 2.30. The first-order chi connectivity index (χ1) is 12.8. The number of carbonyl (C=O) groups is 1. The van der Waals surface area contributed by atoms with Crippen molar-refractivity contribution in [3.05, 3.63) is 54.3 Å². The van der Waals surface area contributed by atoms with E-state index in [1.165, 1.54) is 48.5 Å². The molecule has 3 rings (SSSR count). The molecule has 0 spiro atoms. The molecule has 10 heteroatoms. The second-order valence-corrected chi connectivity index (χ2v) is 7.49. The summed E-state index contributed by atoms with van der Waals surface area (Å²) in [5, 5.41) is 9.70. The van der Waals surface area contributed by atoms with Crippen LogP contribution in [0.3, 0.4) is 0 Å². The van der Waals surface area contributed by atoms with Crippen molar-refractivity contribution in [1.29, 1.82) is 0 Å². The zero-order chi connectivity index (χ0) is 19.4. The van der Waals surface area contributed by atoms with Crippen LogP contribution in [-0.4, -0.2) is 37.9 Å². The lowest BCUT2D eigenvalue weighted by atomic mass is 10.1. The summed E-state index contributed by atoms with van der Waals surface area (Å²) in [7, 11) is -4.17. The van der Waals surface area contributed by atoms with Gasteiger partial charge in [0.15, 0.2) is 0 Å². The molecule has 1 aliphatic rings.